The lowest BCUT2D eigenvalue weighted by Crippen LogP contribution is -2.42. The number of carboxylic acids is 2. The molecule has 1 atom stereocenters. The summed E-state index contributed by atoms with van der Waals surface area (Å²) in [6.07, 6.45) is -0.162. The molecule has 3 rings (SSSR count). The van der Waals surface area contributed by atoms with Gasteiger partial charge in [-0.2, -0.15) is 13.2 Å². The van der Waals surface area contributed by atoms with Crippen molar-refractivity contribution in [2.45, 2.75) is 38.4 Å². The zero-order chi connectivity index (χ0) is 26.2. The number of hydrogen-bond acceptors (Lipinski definition) is 5. The molecule has 2 aromatic rings. The third-order valence-corrected chi connectivity index (χ3v) is 5.66. The van der Waals surface area contributed by atoms with E-state index in [4.69, 9.17) is 21.5 Å². The van der Waals surface area contributed by atoms with E-state index >= 15 is 0 Å². The zero-order valence-electron chi connectivity index (χ0n) is 18.8. The standard InChI is InChI=1S/C21H24ClN3O3.C2HF3O2/c1-14-13-23-9-6-19(14)25-10-7-16(8-11-25)21(28)24-18(12-20(26)27)15-2-4-17(22)5-3-15;3-2(4,5)1(6)7/h2-6,9,13,16,18H,7-8,10-12H2,1H3,(H,24,28)(H,26,27);(H,6,7). The number of halogens is 4. The second-order valence-electron chi connectivity index (χ2n) is 7.94. The lowest BCUT2D eigenvalue weighted by Gasteiger charge is -2.34. The van der Waals surface area contributed by atoms with Crippen LogP contribution in [0.5, 0.6) is 0 Å². The summed E-state index contributed by atoms with van der Waals surface area (Å²) in [5.41, 5.74) is 3.01. The molecule has 190 valence electrons. The highest BCUT2D eigenvalue weighted by Gasteiger charge is 2.38. The lowest BCUT2D eigenvalue weighted by atomic mass is 9.94. The Morgan fingerprint density at radius 3 is 2.20 bits per heavy atom. The van der Waals surface area contributed by atoms with Gasteiger partial charge in [-0.1, -0.05) is 23.7 Å². The minimum Gasteiger partial charge on any atom is -0.481 e. The van der Waals surface area contributed by atoms with Gasteiger partial charge in [-0.25, -0.2) is 4.79 Å². The van der Waals surface area contributed by atoms with Crippen LogP contribution in [-0.4, -0.2) is 52.3 Å². The van der Waals surface area contributed by atoms with E-state index in [2.05, 4.69) is 15.2 Å². The van der Waals surface area contributed by atoms with Crippen LogP contribution in [0, 0.1) is 12.8 Å². The molecule has 0 radical (unpaired) electrons. The molecule has 1 aliphatic heterocycles. The first kappa shape index (κ1) is 27.9. The van der Waals surface area contributed by atoms with Crippen molar-refractivity contribution in [3.63, 3.8) is 0 Å². The summed E-state index contributed by atoms with van der Waals surface area (Å²) >= 11 is 5.91. The van der Waals surface area contributed by atoms with E-state index in [1.54, 1.807) is 30.5 Å². The maximum atomic E-state index is 12.8. The third kappa shape index (κ3) is 8.75. The van der Waals surface area contributed by atoms with Crippen molar-refractivity contribution in [1.29, 1.82) is 0 Å². The Morgan fingerprint density at radius 2 is 1.71 bits per heavy atom. The lowest BCUT2D eigenvalue weighted by molar-refractivity contribution is -0.192. The van der Waals surface area contributed by atoms with Gasteiger partial charge in [0.05, 0.1) is 12.5 Å². The molecule has 1 unspecified atom stereocenters. The van der Waals surface area contributed by atoms with E-state index in [9.17, 15) is 27.9 Å². The van der Waals surface area contributed by atoms with Gasteiger partial charge in [0.1, 0.15) is 0 Å². The monoisotopic (exact) mass is 515 g/mol. The second-order valence-corrected chi connectivity index (χ2v) is 8.37. The van der Waals surface area contributed by atoms with Crippen LogP contribution in [0.1, 0.15) is 36.4 Å². The van der Waals surface area contributed by atoms with Crippen molar-refractivity contribution >= 4 is 35.1 Å². The van der Waals surface area contributed by atoms with Crippen LogP contribution in [0.4, 0.5) is 18.9 Å². The van der Waals surface area contributed by atoms with Crippen molar-refractivity contribution < 1.29 is 37.8 Å². The number of carbonyl (C=O) groups excluding carboxylic acids is 1. The number of aliphatic carboxylic acids is 2. The predicted molar refractivity (Wildman–Crippen MR) is 122 cm³/mol. The smallest absolute Gasteiger partial charge is 0.481 e. The van der Waals surface area contributed by atoms with Gasteiger partial charge >= 0.3 is 18.1 Å². The maximum Gasteiger partial charge on any atom is 0.490 e. The average molecular weight is 516 g/mol. The largest absolute Gasteiger partial charge is 0.490 e. The second kappa shape index (κ2) is 12.4. The Labute approximate surface area is 204 Å². The number of pyridine rings is 1. The minimum atomic E-state index is -5.08. The van der Waals surface area contributed by atoms with Crippen molar-refractivity contribution in [1.82, 2.24) is 10.3 Å². The highest BCUT2D eigenvalue weighted by molar-refractivity contribution is 6.30. The number of piperidine rings is 1. The van der Waals surface area contributed by atoms with Crippen LogP contribution in [0.15, 0.2) is 42.7 Å². The Morgan fingerprint density at radius 1 is 1.14 bits per heavy atom. The molecule has 1 aromatic heterocycles. The van der Waals surface area contributed by atoms with E-state index in [-0.39, 0.29) is 18.2 Å². The van der Waals surface area contributed by atoms with E-state index in [0.717, 1.165) is 42.7 Å². The number of alkyl halides is 3. The Kier molecular flexibility index (Phi) is 9.88. The van der Waals surface area contributed by atoms with Crippen LogP contribution >= 0.6 is 11.6 Å². The minimum absolute atomic E-state index is 0.0905. The highest BCUT2D eigenvalue weighted by Crippen LogP contribution is 2.27. The molecular weight excluding hydrogens is 491 g/mol. The van der Waals surface area contributed by atoms with Gasteiger partial charge in [0.15, 0.2) is 0 Å². The number of anilines is 1. The Balaban J connectivity index is 0.000000540. The number of aryl methyl sites for hydroxylation is 1. The molecule has 0 spiro atoms. The molecule has 0 saturated carbocycles. The molecule has 2 heterocycles. The van der Waals surface area contributed by atoms with Gasteiger partial charge in [-0.3, -0.25) is 14.6 Å². The van der Waals surface area contributed by atoms with Crippen molar-refractivity contribution in [2.24, 2.45) is 5.92 Å². The number of aromatic nitrogens is 1. The van der Waals surface area contributed by atoms with Gasteiger partial charge in [0.25, 0.3) is 0 Å². The van der Waals surface area contributed by atoms with Gasteiger partial charge < -0.3 is 20.4 Å². The van der Waals surface area contributed by atoms with Gasteiger partial charge in [-0.05, 0) is 49.1 Å². The van der Waals surface area contributed by atoms with Crippen molar-refractivity contribution in [2.75, 3.05) is 18.0 Å². The highest BCUT2D eigenvalue weighted by atomic mass is 35.5. The molecule has 12 heteroatoms. The number of nitrogens with zero attached hydrogens (tertiary/aromatic N) is 2. The zero-order valence-corrected chi connectivity index (χ0v) is 19.5. The SMILES string of the molecule is Cc1cnccc1N1CCC(C(=O)NC(CC(=O)O)c2ccc(Cl)cc2)CC1.O=C(O)C(F)(F)F. The summed E-state index contributed by atoms with van der Waals surface area (Å²) < 4.78 is 31.7. The summed E-state index contributed by atoms with van der Waals surface area (Å²) in [4.78, 5) is 39.3. The van der Waals surface area contributed by atoms with Crippen LogP contribution in [0.2, 0.25) is 5.02 Å². The predicted octanol–water partition coefficient (Wildman–Crippen LogP) is 4.23. The summed E-state index contributed by atoms with van der Waals surface area (Å²) in [6, 6.07) is 8.35. The molecule has 1 amide bonds. The molecule has 1 aliphatic rings. The van der Waals surface area contributed by atoms with Crippen molar-refractivity contribution in [3.8, 4) is 0 Å². The van der Waals surface area contributed by atoms with Gasteiger partial charge in [0, 0.05) is 42.1 Å². The number of rotatable bonds is 6. The summed E-state index contributed by atoms with van der Waals surface area (Å²) in [6.45, 7) is 3.60. The van der Waals surface area contributed by atoms with Crippen LogP contribution in [0.3, 0.4) is 0 Å². The number of hydrogen-bond donors (Lipinski definition) is 3. The summed E-state index contributed by atoms with van der Waals surface area (Å²) in [7, 11) is 0. The Bertz CT molecular complexity index is 1030. The molecule has 35 heavy (non-hydrogen) atoms. The number of amides is 1. The molecule has 0 bridgehead atoms. The summed E-state index contributed by atoms with van der Waals surface area (Å²) in [5, 5.41) is 19.8. The van der Waals surface area contributed by atoms with Gasteiger partial charge in [0.2, 0.25) is 5.91 Å². The van der Waals surface area contributed by atoms with E-state index < -0.39 is 24.2 Å². The van der Waals surface area contributed by atoms with E-state index in [0.29, 0.717) is 5.02 Å². The van der Waals surface area contributed by atoms with E-state index in [1.165, 1.54) is 0 Å². The fourth-order valence-electron chi connectivity index (χ4n) is 3.61. The molecular formula is C23H25ClF3N3O5. The number of carbonyl (C=O) groups is 3. The molecule has 1 fully saturated rings. The topological polar surface area (TPSA) is 120 Å². The molecule has 3 N–H and O–H groups in total. The molecule has 1 saturated heterocycles. The van der Waals surface area contributed by atoms with E-state index in [1.807, 2.05) is 19.2 Å². The number of carboxylic acid groups (broad SMARTS) is 2. The first-order chi connectivity index (χ1) is 16.4. The molecule has 1 aromatic carbocycles. The molecule has 8 nitrogen and oxygen atoms in total. The fraction of sp³-hybridized carbons (Fsp3) is 0.391. The molecule has 0 aliphatic carbocycles. The normalized spacial score (nSPS) is 14.9. The summed E-state index contributed by atoms with van der Waals surface area (Å²) in [5.74, 6) is -3.93. The quantitative estimate of drug-likeness (QED) is 0.526. The fourth-order valence-corrected chi connectivity index (χ4v) is 3.74. The van der Waals surface area contributed by atoms with Gasteiger partial charge in [-0.15, -0.1) is 0 Å². The first-order valence-corrected chi connectivity index (χ1v) is 11.0. The third-order valence-electron chi connectivity index (χ3n) is 5.41. The van der Waals surface area contributed by atoms with Crippen LogP contribution in [-0.2, 0) is 14.4 Å². The van der Waals surface area contributed by atoms with Crippen LogP contribution < -0.4 is 10.2 Å². The van der Waals surface area contributed by atoms with Crippen LogP contribution in [0.25, 0.3) is 0 Å². The maximum absolute atomic E-state index is 12.8. The number of benzene rings is 1. The van der Waals surface area contributed by atoms with Crippen molar-refractivity contribution in [3.05, 3.63) is 58.9 Å². The average Bonchev–Trinajstić information content (AvgIpc) is 2.79. The first-order valence-electron chi connectivity index (χ1n) is 10.6. The number of nitrogens with one attached hydrogen (secondary N) is 1. The Hall–Kier alpha value is -3.34.